The third-order valence-electron chi connectivity index (χ3n) is 3.03. The largest absolute Gasteiger partial charge is 0.372 e. The minimum Gasteiger partial charge on any atom is -0.372 e. The fourth-order valence-electron chi connectivity index (χ4n) is 2.19. The first-order valence-corrected chi connectivity index (χ1v) is 6.85. The summed E-state index contributed by atoms with van der Waals surface area (Å²) < 4.78 is 5.55. The first-order chi connectivity index (χ1) is 9.45. The number of hydrogen-bond acceptors (Lipinski definition) is 3. The molecule has 1 aromatic rings. The Hall–Kier alpha value is -1.59. The molecule has 0 aromatic heterocycles. The Morgan fingerprint density at radius 1 is 1.20 bits per heavy atom. The summed E-state index contributed by atoms with van der Waals surface area (Å²) in [7, 11) is 0. The third-order valence-corrected chi connectivity index (χ3v) is 3.29. The summed E-state index contributed by atoms with van der Waals surface area (Å²) in [5.41, 5.74) is 0.400. The number of hydrogen-bond donors (Lipinski definition) is 1. The zero-order valence-corrected chi connectivity index (χ0v) is 12.2. The molecular weight excluding hydrogens is 280 g/mol. The summed E-state index contributed by atoms with van der Waals surface area (Å²) in [5, 5.41) is 2.92. The Bertz CT molecular complexity index is 494. The first kappa shape index (κ1) is 14.8. The smallest absolute Gasteiger partial charge is 0.324 e. The first-order valence-electron chi connectivity index (χ1n) is 6.47. The molecule has 1 fully saturated rings. The monoisotopic (exact) mass is 296 g/mol. The molecule has 1 saturated heterocycles. The van der Waals surface area contributed by atoms with Crippen molar-refractivity contribution >= 4 is 23.5 Å². The van der Waals surface area contributed by atoms with Crippen molar-refractivity contribution < 1.29 is 14.3 Å². The van der Waals surface area contributed by atoms with E-state index in [4.69, 9.17) is 16.3 Å². The summed E-state index contributed by atoms with van der Waals surface area (Å²) in [5.74, 6) is -0.432. The van der Waals surface area contributed by atoms with Gasteiger partial charge in [-0.05, 0) is 38.1 Å². The van der Waals surface area contributed by atoms with Crippen LogP contribution in [0.5, 0.6) is 0 Å². The van der Waals surface area contributed by atoms with Gasteiger partial charge in [0.05, 0.1) is 12.2 Å². The predicted octanol–water partition coefficient (Wildman–Crippen LogP) is 2.30. The molecule has 1 aromatic carbocycles. The van der Waals surface area contributed by atoms with Gasteiger partial charge in [0, 0.05) is 23.7 Å². The minimum absolute atomic E-state index is 0.0323. The summed E-state index contributed by atoms with van der Waals surface area (Å²) in [6.07, 6.45) is -0.0646. The summed E-state index contributed by atoms with van der Waals surface area (Å²) in [6.45, 7) is 4.75. The van der Waals surface area contributed by atoms with Crippen molar-refractivity contribution in [3.05, 3.63) is 34.9 Å². The van der Waals surface area contributed by atoms with Crippen molar-refractivity contribution in [1.82, 2.24) is 10.2 Å². The van der Waals surface area contributed by atoms with Gasteiger partial charge in [0.1, 0.15) is 0 Å². The maximum atomic E-state index is 12.1. The number of nitrogens with zero attached hydrogens (tertiary/aromatic N) is 1. The topological polar surface area (TPSA) is 58.6 Å². The molecule has 2 atom stereocenters. The van der Waals surface area contributed by atoms with E-state index in [1.165, 1.54) is 0 Å². The van der Waals surface area contributed by atoms with E-state index in [9.17, 15) is 9.59 Å². The fraction of sp³-hybridized carbons (Fsp3) is 0.429. The van der Waals surface area contributed by atoms with Crippen molar-refractivity contribution in [2.75, 3.05) is 13.1 Å². The SMILES string of the molecule is CC1CN(C(=O)NC(=O)c2ccc(Cl)cc2)CC(C)O1. The molecule has 0 aliphatic carbocycles. The van der Waals surface area contributed by atoms with Gasteiger partial charge in [0.25, 0.3) is 5.91 Å². The summed E-state index contributed by atoms with van der Waals surface area (Å²) in [4.78, 5) is 25.6. The highest BCUT2D eigenvalue weighted by Crippen LogP contribution is 2.12. The second-order valence-corrected chi connectivity index (χ2v) is 5.36. The summed E-state index contributed by atoms with van der Waals surface area (Å²) in [6, 6.07) is 5.98. The highest BCUT2D eigenvalue weighted by molar-refractivity contribution is 6.30. The molecule has 5 nitrogen and oxygen atoms in total. The van der Waals surface area contributed by atoms with E-state index in [-0.39, 0.29) is 12.2 Å². The van der Waals surface area contributed by atoms with Crippen LogP contribution in [0.4, 0.5) is 4.79 Å². The van der Waals surface area contributed by atoms with Crippen LogP contribution in [0.15, 0.2) is 24.3 Å². The van der Waals surface area contributed by atoms with Gasteiger partial charge in [0.15, 0.2) is 0 Å². The highest BCUT2D eigenvalue weighted by atomic mass is 35.5. The van der Waals surface area contributed by atoms with Crippen LogP contribution >= 0.6 is 11.6 Å². The normalized spacial score (nSPS) is 22.4. The molecular formula is C14H17ClN2O3. The number of ether oxygens (including phenoxy) is 1. The van der Waals surface area contributed by atoms with Crippen LogP contribution in [0.25, 0.3) is 0 Å². The van der Waals surface area contributed by atoms with E-state index < -0.39 is 11.9 Å². The Kier molecular flexibility index (Phi) is 4.62. The van der Waals surface area contributed by atoms with E-state index in [1.807, 2.05) is 13.8 Å². The lowest BCUT2D eigenvalue weighted by Crippen LogP contribution is -2.52. The number of nitrogens with one attached hydrogen (secondary N) is 1. The van der Waals surface area contributed by atoms with Crippen LogP contribution in [0.1, 0.15) is 24.2 Å². The number of rotatable bonds is 1. The Labute approximate surface area is 122 Å². The van der Waals surface area contributed by atoms with E-state index in [2.05, 4.69) is 5.32 Å². The van der Waals surface area contributed by atoms with Gasteiger partial charge in [-0.25, -0.2) is 4.79 Å². The Balaban J connectivity index is 1.97. The molecule has 6 heteroatoms. The average molecular weight is 297 g/mol. The molecule has 0 spiro atoms. The number of morpholine rings is 1. The number of urea groups is 1. The molecule has 0 radical (unpaired) electrons. The van der Waals surface area contributed by atoms with Crippen molar-refractivity contribution in [3.8, 4) is 0 Å². The van der Waals surface area contributed by atoms with E-state index in [0.29, 0.717) is 23.7 Å². The minimum atomic E-state index is -0.432. The number of carbonyl (C=O) groups excluding carboxylic acids is 2. The lowest BCUT2D eigenvalue weighted by Gasteiger charge is -2.35. The number of carbonyl (C=O) groups is 2. The number of amides is 3. The Morgan fingerprint density at radius 2 is 1.75 bits per heavy atom. The molecule has 0 saturated carbocycles. The van der Waals surface area contributed by atoms with E-state index in [0.717, 1.165) is 0 Å². The highest BCUT2D eigenvalue weighted by Gasteiger charge is 2.26. The fourth-order valence-corrected chi connectivity index (χ4v) is 2.32. The molecule has 1 aliphatic rings. The van der Waals surface area contributed by atoms with Crippen LogP contribution in [0.3, 0.4) is 0 Å². The molecule has 3 amide bonds. The summed E-state index contributed by atoms with van der Waals surface area (Å²) >= 11 is 5.76. The van der Waals surface area contributed by atoms with Crippen molar-refractivity contribution in [1.29, 1.82) is 0 Å². The number of halogens is 1. The third kappa shape index (κ3) is 3.71. The van der Waals surface area contributed by atoms with Crippen LogP contribution < -0.4 is 5.32 Å². The van der Waals surface area contributed by atoms with E-state index in [1.54, 1.807) is 29.2 Å². The molecule has 1 N–H and O–H groups in total. The van der Waals surface area contributed by atoms with Gasteiger partial charge < -0.3 is 9.64 Å². The van der Waals surface area contributed by atoms with Gasteiger partial charge >= 0.3 is 6.03 Å². The lowest BCUT2D eigenvalue weighted by molar-refractivity contribution is -0.0543. The molecule has 2 rings (SSSR count). The molecule has 108 valence electrons. The van der Waals surface area contributed by atoms with Gasteiger partial charge in [-0.1, -0.05) is 11.6 Å². The molecule has 1 aliphatic heterocycles. The standard InChI is InChI=1S/C14H17ClN2O3/c1-9-7-17(8-10(2)20-9)14(19)16-13(18)11-3-5-12(15)6-4-11/h3-6,9-10H,7-8H2,1-2H3,(H,16,18,19). The van der Waals surface area contributed by atoms with Crippen molar-refractivity contribution in [2.24, 2.45) is 0 Å². The maximum Gasteiger partial charge on any atom is 0.324 e. The van der Waals surface area contributed by atoms with Gasteiger partial charge in [-0.15, -0.1) is 0 Å². The molecule has 20 heavy (non-hydrogen) atoms. The zero-order valence-electron chi connectivity index (χ0n) is 11.4. The second-order valence-electron chi connectivity index (χ2n) is 4.93. The zero-order chi connectivity index (χ0) is 14.7. The van der Waals surface area contributed by atoms with Crippen molar-refractivity contribution in [2.45, 2.75) is 26.1 Å². The molecule has 2 unspecified atom stereocenters. The predicted molar refractivity (Wildman–Crippen MR) is 75.9 cm³/mol. The van der Waals surface area contributed by atoms with Gasteiger partial charge in [-0.2, -0.15) is 0 Å². The van der Waals surface area contributed by atoms with E-state index >= 15 is 0 Å². The number of benzene rings is 1. The van der Waals surface area contributed by atoms with Crippen molar-refractivity contribution in [3.63, 3.8) is 0 Å². The Morgan fingerprint density at radius 3 is 2.30 bits per heavy atom. The lowest BCUT2D eigenvalue weighted by atomic mass is 10.2. The van der Waals surface area contributed by atoms with Crippen LogP contribution in [0, 0.1) is 0 Å². The quantitative estimate of drug-likeness (QED) is 0.865. The number of imide groups is 1. The maximum absolute atomic E-state index is 12.1. The van der Waals surface area contributed by atoms with Gasteiger partial charge in [-0.3, -0.25) is 10.1 Å². The van der Waals surface area contributed by atoms with Crippen LogP contribution in [-0.2, 0) is 4.74 Å². The second kappa shape index (κ2) is 6.24. The molecule has 1 heterocycles. The van der Waals surface area contributed by atoms with Crippen LogP contribution in [0.2, 0.25) is 5.02 Å². The van der Waals surface area contributed by atoms with Gasteiger partial charge in [0.2, 0.25) is 0 Å². The average Bonchev–Trinajstić information content (AvgIpc) is 2.38. The molecule has 0 bridgehead atoms. The van der Waals surface area contributed by atoms with Crippen LogP contribution in [-0.4, -0.2) is 42.1 Å².